The number of likely N-dealkylation sites (tertiary alicyclic amines) is 2. The number of carbonyl (C=O) groups is 1. The Balaban J connectivity index is 1.55. The van der Waals surface area contributed by atoms with Crippen LogP contribution in [0.5, 0.6) is 11.5 Å². The fraction of sp³-hybridized carbons (Fsp3) is 0.650. The topological polar surface area (TPSA) is 62.2 Å². The molecule has 2 aliphatic heterocycles. The third-order valence-corrected chi connectivity index (χ3v) is 5.86. The van der Waals surface area contributed by atoms with Crippen LogP contribution in [0.1, 0.15) is 26.2 Å². The molecule has 144 valence electrons. The lowest BCUT2D eigenvalue weighted by atomic mass is 9.69. The smallest absolute Gasteiger partial charge is 0.260 e. The number of aliphatic hydroxyl groups excluding tert-OH is 1. The van der Waals surface area contributed by atoms with Gasteiger partial charge in [-0.05, 0) is 64.0 Å². The number of amides is 1. The maximum atomic E-state index is 12.6. The Morgan fingerprint density at radius 2 is 1.88 bits per heavy atom. The molecule has 2 aliphatic rings. The van der Waals surface area contributed by atoms with Crippen molar-refractivity contribution in [1.82, 2.24) is 9.80 Å². The first-order valence-corrected chi connectivity index (χ1v) is 9.52. The standard InChI is InChI=1S/C20H30N2O4/c1-3-25-16-5-7-17(8-6-16)26-14-19(24)22-12-10-20(15-23)9-4-11-21(2)18(20)13-22/h5-8,18,23H,3-4,9-15H2,1-2H3/t18-,20-/m1/s1. The van der Waals surface area contributed by atoms with Crippen molar-refractivity contribution in [2.45, 2.75) is 32.2 Å². The maximum Gasteiger partial charge on any atom is 0.260 e. The number of likely N-dealkylation sites (N-methyl/N-ethyl adjacent to an activating group) is 1. The zero-order valence-corrected chi connectivity index (χ0v) is 15.8. The van der Waals surface area contributed by atoms with Gasteiger partial charge in [0.15, 0.2) is 6.61 Å². The molecule has 0 radical (unpaired) electrons. The number of piperidine rings is 2. The zero-order valence-electron chi connectivity index (χ0n) is 15.8. The molecule has 26 heavy (non-hydrogen) atoms. The predicted molar refractivity (Wildman–Crippen MR) is 99.5 cm³/mol. The van der Waals surface area contributed by atoms with Crippen molar-refractivity contribution in [3.63, 3.8) is 0 Å². The van der Waals surface area contributed by atoms with E-state index in [1.165, 1.54) is 0 Å². The van der Waals surface area contributed by atoms with Gasteiger partial charge in [-0.15, -0.1) is 0 Å². The number of nitrogens with zero attached hydrogens (tertiary/aromatic N) is 2. The van der Waals surface area contributed by atoms with E-state index in [1.807, 2.05) is 36.1 Å². The van der Waals surface area contributed by atoms with Gasteiger partial charge in [0.2, 0.25) is 0 Å². The molecule has 0 aromatic heterocycles. The summed E-state index contributed by atoms with van der Waals surface area (Å²) in [5, 5.41) is 9.97. The first-order valence-electron chi connectivity index (χ1n) is 9.52. The normalized spacial score (nSPS) is 26.3. The third-order valence-electron chi connectivity index (χ3n) is 5.86. The van der Waals surface area contributed by atoms with Crippen LogP contribution in [-0.2, 0) is 4.79 Å². The molecule has 6 nitrogen and oxygen atoms in total. The van der Waals surface area contributed by atoms with E-state index in [0.29, 0.717) is 25.4 Å². The molecule has 2 fully saturated rings. The molecule has 1 amide bonds. The van der Waals surface area contributed by atoms with Crippen molar-refractivity contribution in [1.29, 1.82) is 0 Å². The highest BCUT2D eigenvalue weighted by Crippen LogP contribution is 2.41. The van der Waals surface area contributed by atoms with Gasteiger partial charge in [-0.2, -0.15) is 0 Å². The van der Waals surface area contributed by atoms with E-state index in [4.69, 9.17) is 9.47 Å². The summed E-state index contributed by atoms with van der Waals surface area (Å²) in [6.07, 6.45) is 3.01. The molecule has 0 unspecified atom stereocenters. The number of carbonyl (C=O) groups excluding carboxylic acids is 1. The molecule has 1 aromatic rings. The van der Waals surface area contributed by atoms with E-state index < -0.39 is 0 Å². The van der Waals surface area contributed by atoms with Crippen molar-refractivity contribution in [2.24, 2.45) is 5.41 Å². The summed E-state index contributed by atoms with van der Waals surface area (Å²) in [7, 11) is 2.10. The Kier molecular flexibility index (Phi) is 6.04. The number of benzene rings is 1. The summed E-state index contributed by atoms with van der Waals surface area (Å²) in [5.74, 6) is 1.46. The highest BCUT2D eigenvalue weighted by Gasteiger charge is 2.47. The Labute approximate surface area is 155 Å². The van der Waals surface area contributed by atoms with Gasteiger partial charge in [-0.25, -0.2) is 0 Å². The van der Waals surface area contributed by atoms with Crippen LogP contribution >= 0.6 is 0 Å². The van der Waals surface area contributed by atoms with Gasteiger partial charge in [0.1, 0.15) is 11.5 Å². The van der Waals surface area contributed by atoms with Crippen molar-refractivity contribution in [3.05, 3.63) is 24.3 Å². The monoisotopic (exact) mass is 362 g/mol. The molecule has 0 bridgehead atoms. The van der Waals surface area contributed by atoms with Gasteiger partial charge in [0.25, 0.3) is 5.91 Å². The van der Waals surface area contributed by atoms with Gasteiger partial charge in [0, 0.05) is 24.5 Å². The van der Waals surface area contributed by atoms with E-state index in [9.17, 15) is 9.90 Å². The minimum Gasteiger partial charge on any atom is -0.494 e. The van der Waals surface area contributed by atoms with Crippen LogP contribution in [0.25, 0.3) is 0 Å². The summed E-state index contributed by atoms with van der Waals surface area (Å²) >= 11 is 0. The Morgan fingerprint density at radius 3 is 2.54 bits per heavy atom. The van der Waals surface area contributed by atoms with Crippen molar-refractivity contribution >= 4 is 5.91 Å². The Hall–Kier alpha value is -1.79. The fourth-order valence-electron chi connectivity index (χ4n) is 4.28. The molecule has 0 aliphatic carbocycles. The van der Waals surface area contributed by atoms with Crippen molar-refractivity contribution < 1.29 is 19.4 Å². The van der Waals surface area contributed by atoms with Gasteiger partial charge in [-0.3, -0.25) is 4.79 Å². The highest BCUT2D eigenvalue weighted by molar-refractivity contribution is 5.78. The third kappa shape index (κ3) is 3.96. The van der Waals surface area contributed by atoms with Crippen molar-refractivity contribution in [2.75, 3.05) is 46.5 Å². The maximum absolute atomic E-state index is 12.6. The van der Waals surface area contributed by atoms with Gasteiger partial charge in [0.05, 0.1) is 13.2 Å². The number of fused-ring (bicyclic) bond motifs is 1. The minimum absolute atomic E-state index is 0.00407. The molecule has 2 heterocycles. The van der Waals surface area contributed by atoms with Crippen LogP contribution in [0.15, 0.2) is 24.3 Å². The molecule has 6 heteroatoms. The van der Waals surface area contributed by atoms with Crippen LogP contribution in [0, 0.1) is 5.41 Å². The van der Waals surface area contributed by atoms with Crippen molar-refractivity contribution in [3.8, 4) is 11.5 Å². The number of hydrogen-bond acceptors (Lipinski definition) is 5. The second-order valence-electron chi connectivity index (χ2n) is 7.40. The molecular weight excluding hydrogens is 332 g/mol. The van der Waals surface area contributed by atoms with E-state index >= 15 is 0 Å². The zero-order chi connectivity index (χ0) is 18.6. The van der Waals surface area contributed by atoms with Crippen LogP contribution in [0.2, 0.25) is 0 Å². The van der Waals surface area contributed by atoms with Gasteiger partial charge in [-0.1, -0.05) is 0 Å². The second kappa shape index (κ2) is 8.27. The molecule has 0 spiro atoms. The van der Waals surface area contributed by atoms with Gasteiger partial charge >= 0.3 is 0 Å². The number of hydrogen-bond donors (Lipinski definition) is 1. The molecule has 3 rings (SSSR count). The minimum atomic E-state index is -0.0558. The molecule has 1 aromatic carbocycles. The first kappa shape index (κ1) is 19.0. The molecule has 0 saturated carbocycles. The summed E-state index contributed by atoms with van der Waals surface area (Å²) in [6.45, 7) is 5.19. The Morgan fingerprint density at radius 1 is 1.19 bits per heavy atom. The first-order chi connectivity index (χ1) is 12.6. The number of ether oxygens (including phenoxy) is 2. The lowest BCUT2D eigenvalue weighted by Gasteiger charge is -2.53. The fourth-order valence-corrected chi connectivity index (χ4v) is 4.28. The SMILES string of the molecule is CCOc1ccc(OCC(=O)N2CC[C@@]3(CO)CCCN(C)[C@@H]3C2)cc1. The predicted octanol–water partition coefficient (Wildman–Crippen LogP) is 1.77. The molecule has 2 atom stereocenters. The van der Waals surface area contributed by atoms with E-state index in [-0.39, 0.29) is 30.6 Å². The van der Waals surface area contributed by atoms with Crippen LogP contribution in [0.3, 0.4) is 0 Å². The van der Waals surface area contributed by atoms with Crippen LogP contribution in [-0.4, -0.2) is 73.4 Å². The summed E-state index contributed by atoms with van der Waals surface area (Å²) in [5.41, 5.74) is -0.0558. The molecule has 1 N–H and O–H groups in total. The van der Waals surface area contributed by atoms with E-state index in [1.54, 1.807) is 0 Å². The highest BCUT2D eigenvalue weighted by atomic mass is 16.5. The summed E-state index contributed by atoms with van der Waals surface area (Å²) in [4.78, 5) is 16.8. The number of rotatable bonds is 6. The second-order valence-corrected chi connectivity index (χ2v) is 7.40. The average molecular weight is 362 g/mol. The average Bonchev–Trinajstić information content (AvgIpc) is 2.67. The Bertz CT molecular complexity index is 606. The van der Waals surface area contributed by atoms with Crippen LogP contribution < -0.4 is 9.47 Å². The quantitative estimate of drug-likeness (QED) is 0.836. The summed E-state index contributed by atoms with van der Waals surface area (Å²) < 4.78 is 11.1. The molecule has 2 saturated heterocycles. The lowest BCUT2D eigenvalue weighted by Crippen LogP contribution is -2.62. The number of aliphatic hydroxyl groups is 1. The van der Waals surface area contributed by atoms with Crippen LogP contribution in [0.4, 0.5) is 0 Å². The summed E-state index contributed by atoms with van der Waals surface area (Å²) in [6, 6.07) is 7.55. The van der Waals surface area contributed by atoms with E-state index in [2.05, 4.69) is 11.9 Å². The largest absolute Gasteiger partial charge is 0.494 e. The van der Waals surface area contributed by atoms with Gasteiger partial charge < -0.3 is 24.4 Å². The lowest BCUT2D eigenvalue weighted by molar-refractivity contribution is -0.141. The van der Waals surface area contributed by atoms with E-state index in [0.717, 1.165) is 31.6 Å². The molecular formula is C20H30N2O4.